The topological polar surface area (TPSA) is 50.1 Å². The average Bonchev–Trinajstić information content (AvgIpc) is 2.82. The first-order valence-electron chi connectivity index (χ1n) is 3.48. The highest BCUT2D eigenvalue weighted by molar-refractivity contribution is 5.92. The lowest BCUT2D eigenvalue weighted by Gasteiger charge is -1.93. The average molecular weight is 151 g/mol. The van der Waals surface area contributed by atoms with E-state index in [2.05, 4.69) is 4.74 Å². The Bertz CT molecular complexity index is 233. The van der Waals surface area contributed by atoms with Gasteiger partial charge in [0.2, 0.25) is 0 Å². The van der Waals surface area contributed by atoms with Crippen LogP contribution in [0.5, 0.6) is 0 Å². The van der Waals surface area contributed by atoms with Crippen LogP contribution in [-0.2, 0) is 9.53 Å². The van der Waals surface area contributed by atoms with Crippen molar-refractivity contribution in [2.24, 2.45) is 5.92 Å². The van der Waals surface area contributed by atoms with Crippen molar-refractivity contribution in [3.05, 3.63) is 11.6 Å². The zero-order valence-corrected chi connectivity index (χ0v) is 6.33. The number of ether oxygens (including phenoxy) is 1. The SMILES string of the molecule is COC(=O)C(C#N)=CC1CC1. The van der Waals surface area contributed by atoms with Crippen LogP contribution in [0.25, 0.3) is 0 Å². The summed E-state index contributed by atoms with van der Waals surface area (Å²) in [5.41, 5.74) is 0.134. The first kappa shape index (κ1) is 7.80. The van der Waals surface area contributed by atoms with Gasteiger partial charge in [0.25, 0.3) is 0 Å². The Morgan fingerprint density at radius 3 is 2.73 bits per heavy atom. The van der Waals surface area contributed by atoms with E-state index in [4.69, 9.17) is 5.26 Å². The van der Waals surface area contributed by atoms with E-state index in [1.165, 1.54) is 7.11 Å². The van der Waals surface area contributed by atoms with Gasteiger partial charge in [0.1, 0.15) is 11.6 Å². The van der Waals surface area contributed by atoms with Crippen LogP contribution >= 0.6 is 0 Å². The van der Waals surface area contributed by atoms with Crippen molar-refractivity contribution in [2.75, 3.05) is 7.11 Å². The summed E-state index contributed by atoms with van der Waals surface area (Å²) < 4.78 is 4.40. The minimum absolute atomic E-state index is 0.134. The van der Waals surface area contributed by atoms with Crippen LogP contribution in [0.4, 0.5) is 0 Å². The molecule has 3 heteroatoms. The molecule has 0 heterocycles. The maximum absolute atomic E-state index is 10.8. The Balaban J connectivity index is 2.62. The first-order valence-corrected chi connectivity index (χ1v) is 3.48. The highest BCUT2D eigenvalue weighted by atomic mass is 16.5. The number of carbonyl (C=O) groups is 1. The summed E-state index contributed by atoms with van der Waals surface area (Å²) in [5.74, 6) is -0.0943. The van der Waals surface area contributed by atoms with Gasteiger partial charge >= 0.3 is 5.97 Å². The molecule has 0 saturated heterocycles. The summed E-state index contributed by atoms with van der Waals surface area (Å²) in [6, 6.07) is 1.81. The Labute approximate surface area is 65.3 Å². The third-order valence-electron chi connectivity index (χ3n) is 1.55. The van der Waals surface area contributed by atoms with E-state index in [-0.39, 0.29) is 5.57 Å². The molecule has 3 nitrogen and oxygen atoms in total. The molecule has 0 aromatic carbocycles. The second-order valence-electron chi connectivity index (χ2n) is 2.52. The lowest BCUT2D eigenvalue weighted by molar-refractivity contribution is -0.135. The second-order valence-corrected chi connectivity index (χ2v) is 2.52. The third-order valence-corrected chi connectivity index (χ3v) is 1.55. The van der Waals surface area contributed by atoms with Gasteiger partial charge in [-0.3, -0.25) is 0 Å². The maximum Gasteiger partial charge on any atom is 0.348 e. The number of esters is 1. The second kappa shape index (κ2) is 3.20. The fourth-order valence-electron chi connectivity index (χ4n) is 0.760. The van der Waals surface area contributed by atoms with Crippen LogP contribution in [0.15, 0.2) is 11.6 Å². The molecule has 11 heavy (non-hydrogen) atoms. The molecule has 0 bridgehead atoms. The smallest absolute Gasteiger partial charge is 0.348 e. The first-order chi connectivity index (χ1) is 5.27. The number of methoxy groups -OCH3 is 1. The minimum atomic E-state index is -0.528. The Morgan fingerprint density at radius 1 is 1.73 bits per heavy atom. The highest BCUT2D eigenvalue weighted by Gasteiger charge is 2.21. The monoisotopic (exact) mass is 151 g/mol. The van der Waals surface area contributed by atoms with Gasteiger partial charge in [-0.25, -0.2) is 4.79 Å². The van der Waals surface area contributed by atoms with Crippen LogP contribution in [0, 0.1) is 17.2 Å². The molecule has 1 fully saturated rings. The van der Waals surface area contributed by atoms with Gasteiger partial charge in [0.05, 0.1) is 7.11 Å². The molecular formula is C8H9NO2. The lowest BCUT2D eigenvalue weighted by Crippen LogP contribution is -2.02. The van der Waals surface area contributed by atoms with Crippen molar-refractivity contribution >= 4 is 5.97 Å². The van der Waals surface area contributed by atoms with Gasteiger partial charge in [0.15, 0.2) is 0 Å². The molecule has 58 valence electrons. The lowest BCUT2D eigenvalue weighted by atomic mass is 10.2. The number of rotatable bonds is 2. The van der Waals surface area contributed by atoms with Crippen LogP contribution in [0.3, 0.4) is 0 Å². The van der Waals surface area contributed by atoms with E-state index in [1.54, 1.807) is 6.08 Å². The summed E-state index contributed by atoms with van der Waals surface area (Å²) in [6.45, 7) is 0. The summed E-state index contributed by atoms with van der Waals surface area (Å²) in [6.07, 6.45) is 3.86. The van der Waals surface area contributed by atoms with Gasteiger partial charge in [-0.1, -0.05) is 6.08 Å². The van der Waals surface area contributed by atoms with Crippen molar-refractivity contribution in [2.45, 2.75) is 12.8 Å². The maximum atomic E-state index is 10.8. The normalized spacial score (nSPS) is 17.3. The molecule has 1 aliphatic rings. The Kier molecular flexibility index (Phi) is 2.27. The molecule has 0 aromatic heterocycles. The Hall–Kier alpha value is -1.30. The van der Waals surface area contributed by atoms with Gasteiger partial charge in [0, 0.05) is 0 Å². The summed E-state index contributed by atoms with van der Waals surface area (Å²) in [4.78, 5) is 10.8. The van der Waals surface area contributed by atoms with Crippen molar-refractivity contribution in [1.29, 1.82) is 5.26 Å². The summed E-state index contributed by atoms with van der Waals surface area (Å²) in [5, 5.41) is 8.49. The van der Waals surface area contributed by atoms with Crippen molar-refractivity contribution in [3.8, 4) is 6.07 Å². The fraction of sp³-hybridized carbons (Fsp3) is 0.500. The molecule has 1 rings (SSSR count). The molecule has 1 saturated carbocycles. The molecular weight excluding hydrogens is 142 g/mol. The molecule has 1 aliphatic carbocycles. The molecule has 0 aliphatic heterocycles. The van der Waals surface area contributed by atoms with E-state index in [0.717, 1.165) is 12.8 Å². The van der Waals surface area contributed by atoms with Crippen LogP contribution in [0.1, 0.15) is 12.8 Å². The highest BCUT2D eigenvalue weighted by Crippen LogP contribution is 2.31. The van der Waals surface area contributed by atoms with E-state index < -0.39 is 5.97 Å². The molecule has 0 radical (unpaired) electrons. The zero-order valence-electron chi connectivity index (χ0n) is 6.33. The number of allylic oxidation sites excluding steroid dienone is 1. The minimum Gasteiger partial charge on any atom is -0.465 e. The number of hydrogen-bond acceptors (Lipinski definition) is 3. The van der Waals surface area contributed by atoms with Gasteiger partial charge in [-0.05, 0) is 18.8 Å². The van der Waals surface area contributed by atoms with Gasteiger partial charge < -0.3 is 4.74 Å². The number of hydrogen-bond donors (Lipinski definition) is 0. The van der Waals surface area contributed by atoms with Crippen molar-refractivity contribution in [3.63, 3.8) is 0 Å². The Morgan fingerprint density at radius 2 is 2.36 bits per heavy atom. The largest absolute Gasteiger partial charge is 0.465 e. The molecule has 0 atom stereocenters. The molecule has 0 unspecified atom stereocenters. The molecule has 0 aromatic rings. The van der Waals surface area contributed by atoms with Crippen molar-refractivity contribution < 1.29 is 9.53 Å². The van der Waals surface area contributed by atoms with Crippen molar-refractivity contribution in [1.82, 2.24) is 0 Å². The predicted octanol–water partition coefficient (Wildman–Crippen LogP) is 1.02. The summed E-state index contributed by atoms with van der Waals surface area (Å²) >= 11 is 0. The number of nitrogens with zero attached hydrogens (tertiary/aromatic N) is 1. The van der Waals surface area contributed by atoms with E-state index in [9.17, 15) is 4.79 Å². The van der Waals surface area contributed by atoms with Crippen LogP contribution < -0.4 is 0 Å². The number of carbonyl (C=O) groups excluding carboxylic acids is 1. The quantitative estimate of drug-likeness (QED) is 0.336. The van der Waals surface area contributed by atoms with E-state index in [0.29, 0.717) is 5.92 Å². The number of nitriles is 1. The van der Waals surface area contributed by atoms with Gasteiger partial charge in [-0.2, -0.15) is 5.26 Å². The molecule has 0 spiro atoms. The van der Waals surface area contributed by atoms with Crippen LogP contribution in [-0.4, -0.2) is 13.1 Å². The van der Waals surface area contributed by atoms with E-state index >= 15 is 0 Å². The van der Waals surface area contributed by atoms with E-state index in [1.807, 2.05) is 6.07 Å². The molecule has 0 N–H and O–H groups in total. The van der Waals surface area contributed by atoms with Crippen LogP contribution in [0.2, 0.25) is 0 Å². The summed E-state index contributed by atoms with van der Waals surface area (Å²) in [7, 11) is 1.28. The fourth-order valence-corrected chi connectivity index (χ4v) is 0.760. The van der Waals surface area contributed by atoms with Gasteiger partial charge in [-0.15, -0.1) is 0 Å². The third kappa shape index (κ3) is 2.08. The standard InChI is InChI=1S/C8H9NO2/c1-11-8(10)7(5-9)4-6-2-3-6/h4,6H,2-3H2,1H3. The zero-order chi connectivity index (χ0) is 8.27. The predicted molar refractivity (Wildman–Crippen MR) is 38.4 cm³/mol. The molecule has 0 amide bonds.